The molecule has 2 aromatic carbocycles. The smallest absolute Gasteiger partial charge is 0.0553 e. The van der Waals surface area contributed by atoms with Crippen LogP contribution in [-0.2, 0) is 11.8 Å². The fraction of sp³-hybridized carbons (Fsp3) is 0.250. The molecule has 2 nitrogen and oxygen atoms in total. The van der Waals surface area contributed by atoms with Crippen LogP contribution in [0.1, 0.15) is 11.1 Å². The summed E-state index contributed by atoms with van der Waals surface area (Å²) in [6.07, 6.45) is 0.587. The summed E-state index contributed by atoms with van der Waals surface area (Å²) in [6, 6.07) is 15.7. The summed E-state index contributed by atoms with van der Waals surface area (Å²) in [7, 11) is 0. The second kappa shape index (κ2) is 6.85. The van der Waals surface area contributed by atoms with Gasteiger partial charge in [-0.2, -0.15) is 0 Å². The first-order chi connectivity index (χ1) is 9.59. The van der Waals surface area contributed by atoms with E-state index in [2.05, 4.69) is 31.9 Å². The van der Waals surface area contributed by atoms with E-state index in [0.29, 0.717) is 6.42 Å². The summed E-state index contributed by atoms with van der Waals surface area (Å²) in [5, 5.41) is 19.7. The normalized spacial score (nSPS) is 11.6. The Hall–Kier alpha value is -0.680. The van der Waals surface area contributed by atoms with Gasteiger partial charge in [0.2, 0.25) is 0 Å². The summed E-state index contributed by atoms with van der Waals surface area (Å²) >= 11 is 6.85. The monoisotopic (exact) mass is 398 g/mol. The van der Waals surface area contributed by atoms with Gasteiger partial charge < -0.3 is 10.2 Å². The third kappa shape index (κ3) is 3.50. The van der Waals surface area contributed by atoms with E-state index in [0.717, 1.165) is 20.1 Å². The molecule has 0 atom stereocenters. The van der Waals surface area contributed by atoms with Crippen molar-refractivity contribution in [1.29, 1.82) is 0 Å². The molecule has 0 aliphatic heterocycles. The largest absolute Gasteiger partial charge is 0.395 e. The Kier molecular flexibility index (Phi) is 5.38. The van der Waals surface area contributed by atoms with Crippen LogP contribution in [0.15, 0.2) is 57.5 Å². The highest BCUT2D eigenvalue weighted by atomic mass is 79.9. The van der Waals surface area contributed by atoms with E-state index in [4.69, 9.17) is 0 Å². The number of hydrogen-bond acceptors (Lipinski definition) is 2. The van der Waals surface area contributed by atoms with E-state index in [1.165, 1.54) is 0 Å². The average Bonchev–Trinajstić information content (AvgIpc) is 2.47. The van der Waals surface area contributed by atoms with Gasteiger partial charge in [0, 0.05) is 14.4 Å². The van der Waals surface area contributed by atoms with Crippen molar-refractivity contribution in [3.63, 3.8) is 0 Å². The third-order valence-corrected chi connectivity index (χ3v) is 4.52. The zero-order chi connectivity index (χ0) is 14.6. The first kappa shape index (κ1) is 15.7. The van der Waals surface area contributed by atoms with Gasteiger partial charge in [0.05, 0.1) is 13.2 Å². The average molecular weight is 400 g/mol. The van der Waals surface area contributed by atoms with Crippen LogP contribution in [0.25, 0.3) is 0 Å². The lowest BCUT2D eigenvalue weighted by Crippen LogP contribution is -2.37. The van der Waals surface area contributed by atoms with Crippen LogP contribution in [0.4, 0.5) is 0 Å². The minimum atomic E-state index is -0.669. The lowest BCUT2D eigenvalue weighted by Gasteiger charge is -2.31. The Morgan fingerprint density at radius 1 is 0.850 bits per heavy atom. The second-order valence-corrected chi connectivity index (χ2v) is 6.74. The molecule has 0 aliphatic carbocycles. The van der Waals surface area contributed by atoms with Crippen molar-refractivity contribution in [2.24, 2.45) is 0 Å². The van der Waals surface area contributed by atoms with Gasteiger partial charge in [0.25, 0.3) is 0 Å². The van der Waals surface area contributed by atoms with Crippen LogP contribution in [0.5, 0.6) is 0 Å². The molecule has 2 N–H and O–H groups in total. The Morgan fingerprint density at radius 3 is 2.05 bits per heavy atom. The van der Waals surface area contributed by atoms with Gasteiger partial charge in [-0.3, -0.25) is 0 Å². The summed E-state index contributed by atoms with van der Waals surface area (Å²) < 4.78 is 1.96. The number of halogens is 2. The van der Waals surface area contributed by atoms with Crippen molar-refractivity contribution in [1.82, 2.24) is 0 Å². The molecule has 106 valence electrons. The first-order valence-corrected chi connectivity index (χ1v) is 7.90. The maximum Gasteiger partial charge on any atom is 0.0553 e. The number of aliphatic hydroxyl groups is 2. The van der Waals surface area contributed by atoms with Crippen molar-refractivity contribution in [3.8, 4) is 0 Å². The lowest BCUT2D eigenvalue weighted by molar-refractivity contribution is 0.116. The summed E-state index contributed by atoms with van der Waals surface area (Å²) in [4.78, 5) is 0. The molecular formula is C16H16Br2O2. The summed E-state index contributed by atoms with van der Waals surface area (Å²) in [5.41, 5.74) is 1.34. The maximum absolute atomic E-state index is 9.85. The summed E-state index contributed by atoms with van der Waals surface area (Å²) in [6.45, 7) is -0.202. The van der Waals surface area contributed by atoms with Crippen molar-refractivity contribution in [3.05, 3.63) is 68.6 Å². The Bertz CT molecular complexity index is 563. The second-order valence-electron chi connectivity index (χ2n) is 4.91. The minimum absolute atomic E-state index is 0.101. The fourth-order valence-corrected chi connectivity index (χ4v) is 2.92. The fourth-order valence-electron chi connectivity index (χ4n) is 2.26. The molecule has 0 aromatic heterocycles. The van der Waals surface area contributed by atoms with E-state index in [1.807, 2.05) is 48.5 Å². The van der Waals surface area contributed by atoms with Gasteiger partial charge in [0.15, 0.2) is 0 Å². The maximum atomic E-state index is 9.85. The van der Waals surface area contributed by atoms with Gasteiger partial charge in [-0.1, -0.05) is 56.1 Å². The molecule has 0 radical (unpaired) electrons. The van der Waals surface area contributed by atoms with Gasteiger partial charge in [-0.15, -0.1) is 0 Å². The molecule has 4 heteroatoms. The van der Waals surface area contributed by atoms with Crippen molar-refractivity contribution >= 4 is 31.9 Å². The number of hydrogen-bond donors (Lipinski definition) is 2. The zero-order valence-electron chi connectivity index (χ0n) is 10.9. The van der Waals surface area contributed by atoms with Gasteiger partial charge in [-0.25, -0.2) is 0 Å². The Labute approximate surface area is 135 Å². The Morgan fingerprint density at radius 2 is 1.50 bits per heavy atom. The molecule has 0 saturated carbocycles. The molecule has 0 bridgehead atoms. The predicted octanol–water partition coefficient (Wildman–Crippen LogP) is 3.68. The number of rotatable bonds is 5. The summed E-state index contributed by atoms with van der Waals surface area (Å²) in [5.74, 6) is 0. The predicted molar refractivity (Wildman–Crippen MR) is 87.8 cm³/mol. The molecule has 2 aromatic rings. The van der Waals surface area contributed by atoms with Crippen LogP contribution < -0.4 is 0 Å². The molecule has 0 saturated heterocycles. The highest BCUT2D eigenvalue weighted by molar-refractivity contribution is 9.10. The lowest BCUT2D eigenvalue weighted by atomic mass is 9.77. The van der Waals surface area contributed by atoms with Gasteiger partial charge in [0.1, 0.15) is 0 Å². The van der Waals surface area contributed by atoms with Crippen molar-refractivity contribution in [2.45, 2.75) is 11.8 Å². The standard InChI is InChI=1S/C16H16Br2O2/c17-14-6-4-12(5-7-14)9-16(10-19,11-20)13-2-1-3-15(18)8-13/h1-8,19-20H,9-11H2. The van der Waals surface area contributed by atoms with Crippen LogP contribution in [-0.4, -0.2) is 23.4 Å². The topological polar surface area (TPSA) is 40.5 Å². The van der Waals surface area contributed by atoms with Crippen molar-refractivity contribution < 1.29 is 10.2 Å². The van der Waals surface area contributed by atoms with Crippen LogP contribution >= 0.6 is 31.9 Å². The third-order valence-electron chi connectivity index (χ3n) is 3.50. The van der Waals surface area contributed by atoms with E-state index >= 15 is 0 Å². The van der Waals surface area contributed by atoms with Gasteiger partial charge >= 0.3 is 0 Å². The number of aliphatic hydroxyl groups excluding tert-OH is 2. The zero-order valence-corrected chi connectivity index (χ0v) is 14.1. The number of benzene rings is 2. The molecule has 0 aliphatic rings. The quantitative estimate of drug-likeness (QED) is 0.805. The SMILES string of the molecule is OCC(CO)(Cc1ccc(Br)cc1)c1cccc(Br)c1. The van der Waals surface area contributed by atoms with Crippen LogP contribution in [0.3, 0.4) is 0 Å². The van der Waals surface area contributed by atoms with Crippen LogP contribution in [0, 0.1) is 0 Å². The molecule has 0 unspecified atom stereocenters. The Balaban J connectivity index is 2.36. The first-order valence-electron chi connectivity index (χ1n) is 6.32. The van der Waals surface area contributed by atoms with E-state index in [9.17, 15) is 10.2 Å². The molecular weight excluding hydrogens is 384 g/mol. The molecule has 0 amide bonds. The molecule has 0 spiro atoms. The minimum Gasteiger partial charge on any atom is -0.395 e. The molecule has 20 heavy (non-hydrogen) atoms. The highest BCUT2D eigenvalue weighted by Gasteiger charge is 2.31. The van der Waals surface area contributed by atoms with Gasteiger partial charge in [-0.05, 0) is 41.8 Å². The van der Waals surface area contributed by atoms with E-state index < -0.39 is 5.41 Å². The molecule has 0 heterocycles. The van der Waals surface area contributed by atoms with E-state index in [1.54, 1.807) is 0 Å². The van der Waals surface area contributed by atoms with Crippen LogP contribution in [0.2, 0.25) is 0 Å². The molecule has 0 fully saturated rings. The highest BCUT2D eigenvalue weighted by Crippen LogP contribution is 2.30. The van der Waals surface area contributed by atoms with E-state index in [-0.39, 0.29) is 13.2 Å². The van der Waals surface area contributed by atoms with Crippen molar-refractivity contribution in [2.75, 3.05) is 13.2 Å². The molecule has 2 rings (SSSR count).